The zero-order valence-corrected chi connectivity index (χ0v) is 12.8. The van der Waals surface area contributed by atoms with Gasteiger partial charge in [0.2, 0.25) is 0 Å². The van der Waals surface area contributed by atoms with E-state index in [1.54, 1.807) is 30.9 Å². The number of benzene rings is 1. The Hall–Kier alpha value is -2.57. The van der Waals surface area contributed by atoms with E-state index in [0.29, 0.717) is 12.1 Å². The van der Waals surface area contributed by atoms with Crippen LogP contribution in [-0.2, 0) is 13.6 Å². The van der Waals surface area contributed by atoms with E-state index in [1.165, 1.54) is 19.2 Å². The number of hydrogen-bond acceptors (Lipinski definition) is 3. The van der Waals surface area contributed by atoms with Crippen molar-refractivity contribution in [1.82, 2.24) is 20.4 Å². The second-order valence-electron chi connectivity index (χ2n) is 4.89. The molecule has 2 aromatic rings. The number of urea groups is 1. The van der Waals surface area contributed by atoms with Crippen molar-refractivity contribution in [3.05, 3.63) is 47.5 Å². The molecule has 0 bridgehead atoms. The molecule has 1 aromatic carbocycles. The summed E-state index contributed by atoms with van der Waals surface area (Å²) in [5.41, 5.74) is 1.55. The third kappa shape index (κ3) is 3.75. The molecular formula is C15H19FN4O2. The lowest BCUT2D eigenvalue weighted by atomic mass is 10.1. The Morgan fingerprint density at radius 2 is 2.23 bits per heavy atom. The van der Waals surface area contributed by atoms with Crippen molar-refractivity contribution in [2.24, 2.45) is 7.05 Å². The minimum absolute atomic E-state index is 0.177. The molecule has 0 fully saturated rings. The molecule has 1 atom stereocenters. The maximum Gasteiger partial charge on any atom is 0.315 e. The number of amides is 2. The first-order valence-electron chi connectivity index (χ1n) is 6.86. The van der Waals surface area contributed by atoms with Gasteiger partial charge in [0.05, 0.1) is 25.4 Å². The minimum Gasteiger partial charge on any atom is -0.494 e. The molecule has 0 aliphatic heterocycles. The normalized spacial score (nSPS) is 11.8. The summed E-state index contributed by atoms with van der Waals surface area (Å²) in [6.45, 7) is 2.15. The Morgan fingerprint density at radius 1 is 1.45 bits per heavy atom. The zero-order chi connectivity index (χ0) is 16.1. The number of carbonyl (C=O) groups excluding carboxylic acids is 1. The summed E-state index contributed by atoms with van der Waals surface area (Å²) >= 11 is 0. The van der Waals surface area contributed by atoms with Gasteiger partial charge in [-0.2, -0.15) is 5.10 Å². The first-order chi connectivity index (χ1) is 10.5. The van der Waals surface area contributed by atoms with E-state index < -0.39 is 5.82 Å². The summed E-state index contributed by atoms with van der Waals surface area (Å²) in [6, 6.07) is 5.77. The number of rotatable bonds is 5. The van der Waals surface area contributed by atoms with E-state index in [2.05, 4.69) is 15.7 Å². The van der Waals surface area contributed by atoms with Crippen LogP contribution in [0.1, 0.15) is 24.2 Å². The van der Waals surface area contributed by atoms with E-state index in [9.17, 15) is 9.18 Å². The monoisotopic (exact) mass is 306 g/mol. The van der Waals surface area contributed by atoms with Crippen LogP contribution in [0.25, 0.3) is 0 Å². The van der Waals surface area contributed by atoms with Gasteiger partial charge in [-0.25, -0.2) is 9.18 Å². The van der Waals surface area contributed by atoms with Crippen LogP contribution in [0.3, 0.4) is 0 Å². The average Bonchev–Trinajstić information content (AvgIpc) is 2.90. The van der Waals surface area contributed by atoms with Gasteiger partial charge in [-0.15, -0.1) is 0 Å². The molecule has 0 spiro atoms. The number of carbonyl (C=O) groups is 1. The summed E-state index contributed by atoms with van der Waals surface area (Å²) in [6.07, 6.45) is 1.66. The standard InChI is InChI=1S/C15H19FN4O2/c1-10(11-4-5-14(22-3)13(16)8-11)19-15(21)17-9-12-6-7-18-20(12)2/h4-8,10H,9H2,1-3H3,(H2,17,19,21). The van der Waals surface area contributed by atoms with Crippen molar-refractivity contribution in [1.29, 1.82) is 0 Å². The predicted molar refractivity (Wildman–Crippen MR) is 79.9 cm³/mol. The molecule has 22 heavy (non-hydrogen) atoms. The highest BCUT2D eigenvalue weighted by atomic mass is 19.1. The van der Waals surface area contributed by atoms with Gasteiger partial charge < -0.3 is 15.4 Å². The van der Waals surface area contributed by atoms with Gasteiger partial charge in [-0.1, -0.05) is 6.07 Å². The molecule has 1 unspecified atom stereocenters. The molecular weight excluding hydrogens is 287 g/mol. The van der Waals surface area contributed by atoms with Crippen molar-refractivity contribution in [2.75, 3.05) is 7.11 Å². The van der Waals surface area contributed by atoms with Gasteiger partial charge in [-0.05, 0) is 30.7 Å². The highest BCUT2D eigenvalue weighted by molar-refractivity contribution is 5.74. The largest absolute Gasteiger partial charge is 0.494 e. The Labute approximate surface area is 128 Å². The quantitative estimate of drug-likeness (QED) is 0.889. The lowest BCUT2D eigenvalue weighted by molar-refractivity contribution is 0.237. The van der Waals surface area contributed by atoms with Crippen LogP contribution in [0, 0.1) is 5.82 Å². The van der Waals surface area contributed by atoms with Crippen molar-refractivity contribution in [2.45, 2.75) is 19.5 Å². The molecule has 0 aliphatic rings. The van der Waals surface area contributed by atoms with Crippen LogP contribution in [0.15, 0.2) is 30.5 Å². The van der Waals surface area contributed by atoms with Gasteiger partial charge in [0.25, 0.3) is 0 Å². The second-order valence-corrected chi connectivity index (χ2v) is 4.89. The van der Waals surface area contributed by atoms with Crippen LogP contribution in [0.2, 0.25) is 0 Å². The maximum absolute atomic E-state index is 13.7. The van der Waals surface area contributed by atoms with E-state index in [0.717, 1.165) is 5.69 Å². The molecule has 1 aromatic heterocycles. The average molecular weight is 306 g/mol. The van der Waals surface area contributed by atoms with E-state index in [4.69, 9.17) is 4.74 Å². The SMILES string of the molecule is COc1ccc(C(C)NC(=O)NCc2ccnn2C)cc1F. The molecule has 0 saturated carbocycles. The topological polar surface area (TPSA) is 68.2 Å². The molecule has 0 saturated heterocycles. The first kappa shape index (κ1) is 15.8. The van der Waals surface area contributed by atoms with E-state index in [-0.39, 0.29) is 17.8 Å². The number of hydrogen-bond donors (Lipinski definition) is 2. The fraction of sp³-hybridized carbons (Fsp3) is 0.333. The summed E-state index contributed by atoms with van der Waals surface area (Å²) in [4.78, 5) is 11.9. The Balaban J connectivity index is 1.91. The molecule has 2 amide bonds. The number of halogens is 1. The minimum atomic E-state index is -0.455. The summed E-state index contributed by atoms with van der Waals surface area (Å²) in [5, 5.41) is 9.51. The van der Waals surface area contributed by atoms with Gasteiger partial charge >= 0.3 is 6.03 Å². The van der Waals surface area contributed by atoms with Crippen LogP contribution in [-0.4, -0.2) is 22.9 Å². The molecule has 118 valence electrons. The number of ether oxygens (including phenoxy) is 1. The van der Waals surface area contributed by atoms with Crippen LogP contribution in [0.5, 0.6) is 5.75 Å². The third-order valence-electron chi connectivity index (χ3n) is 3.38. The Kier molecular flexibility index (Phi) is 4.98. The molecule has 0 aliphatic carbocycles. The van der Waals surface area contributed by atoms with Crippen LogP contribution >= 0.6 is 0 Å². The van der Waals surface area contributed by atoms with Crippen molar-refractivity contribution in [3.63, 3.8) is 0 Å². The van der Waals surface area contributed by atoms with Gasteiger partial charge in [0, 0.05) is 13.2 Å². The lowest BCUT2D eigenvalue weighted by Gasteiger charge is -2.16. The summed E-state index contributed by atoms with van der Waals surface area (Å²) in [7, 11) is 3.21. The third-order valence-corrected chi connectivity index (χ3v) is 3.38. The molecule has 7 heteroatoms. The van der Waals surface area contributed by atoms with Gasteiger partial charge in [0.1, 0.15) is 0 Å². The molecule has 1 heterocycles. The van der Waals surface area contributed by atoms with Crippen molar-refractivity contribution < 1.29 is 13.9 Å². The fourth-order valence-electron chi connectivity index (χ4n) is 2.03. The molecule has 2 N–H and O–H groups in total. The Morgan fingerprint density at radius 3 is 2.82 bits per heavy atom. The number of aromatic nitrogens is 2. The van der Waals surface area contributed by atoms with Crippen molar-refractivity contribution >= 4 is 6.03 Å². The van der Waals surface area contributed by atoms with E-state index in [1.807, 2.05) is 6.07 Å². The molecule has 6 nitrogen and oxygen atoms in total. The van der Waals surface area contributed by atoms with Gasteiger partial charge in [0.15, 0.2) is 11.6 Å². The Bertz CT molecular complexity index is 657. The highest BCUT2D eigenvalue weighted by Gasteiger charge is 2.12. The van der Waals surface area contributed by atoms with Crippen molar-refractivity contribution in [3.8, 4) is 5.75 Å². The fourth-order valence-corrected chi connectivity index (χ4v) is 2.03. The first-order valence-corrected chi connectivity index (χ1v) is 6.86. The van der Waals surface area contributed by atoms with Crippen LogP contribution in [0.4, 0.5) is 9.18 Å². The molecule has 0 radical (unpaired) electrons. The van der Waals surface area contributed by atoms with E-state index >= 15 is 0 Å². The van der Waals surface area contributed by atoms with Crippen LogP contribution < -0.4 is 15.4 Å². The molecule has 2 rings (SSSR count). The van der Waals surface area contributed by atoms with Gasteiger partial charge in [-0.3, -0.25) is 4.68 Å². The summed E-state index contributed by atoms with van der Waals surface area (Å²) in [5.74, 6) is -0.277. The maximum atomic E-state index is 13.7. The number of nitrogens with one attached hydrogen (secondary N) is 2. The number of methoxy groups -OCH3 is 1. The summed E-state index contributed by atoms with van der Waals surface area (Å²) < 4.78 is 20.2. The number of nitrogens with zero attached hydrogens (tertiary/aromatic N) is 2. The number of aryl methyl sites for hydroxylation is 1. The highest BCUT2D eigenvalue weighted by Crippen LogP contribution is 2.21. The predicted octanol–water partition coefficient (Wildman–Crippen LogP) is 2.13. The lowest BCUT2D eigenvalue weighted by Crippen LogP contribution is -2.37. The smallest absolute Gasteiger partial charge is 0.315 e. The second kappa shape index (κ2) is 6.93. The zero-order valence-electron chi connectivity index (χ0n) is 12.8.